The van der Waals surface area contributed by atoms with Gasteiger partial charge in [-0.05, 0) is 44.0 Å². The summed E-state index contributed by atoms with van der Waals surface area (Å²) < 4.78 is 5.26. The van der Waals surface area contributed by atoms with E-state index in [4.69, 9.17) is 4.74 Å². The summed E-state index contributed by atoms with van der Waals surface area (Å²) in [5, 5.41) is 3.65. The minimum atomic E-state index is 0.531. The third kappa shape index (κ3) is 4.89. The fourth-order valence-electron chi connectivity index (χ4n) is 2.90. The van der Waals surface area contributed by atoms with Crippen molar-refractivity contribution in [2.75, 3.05) is 26.7 Å². The van der Waals surface area contributed by atoms with E-state index in [9.17, 15) is 0 Å². The second-order valence-electron chi connectivity index (χ2n) is 5.84. The zero-order valence-corrected chi connectivity index (χ0v) is 12.9. The van der Waals surface area contributed by atoms with Crippen LogP contribution in [0.25, 0.3) is 0 Å². The monoisotopic (exact) mass is 276 g/mol. The van der Waals surface area contributed by atoms with Crippen LogP contribution < -0.4 is 5.32 Å². The minimum Gasteiger partial charge on any atom is -0.380 e. The molecule has 20 heavy (non-hydrogen) atoms. The molecule has 1 aliphatic rings. The van der Waals surface area contributed by atoms with E-state index >= 15 is 0 Å². The Morgan fingerprint density at radius 1 is 1.15 bits per heavy atom. The topological polar surface area (TPSA) is 24.5 Å². The lowest BCUT2D eigenvalue weighted by molar-refractivity contribution is 0.183. The summed E-state index contributed by atoms with van der Waals surface area (Å²) in [5.74, 6) is 0. The molecule has 0 aliphatic carbocycles. The summed E-state index contributed by atoms with van der Waals surface area (Å²) in [6.07, 6.45) is 4.13. The average Bonchev–Trinajstić information content (AvgIpc) is 2.48. The smallest absolute Gasteiger partial charge is 0.0716 e. The van der Waals surface area contributed by atoms with Crippen LogP contribution in [0.15, 0.2) is 24.3 Å². The summed E-state index contributed by atoms with van der Waals surface area (Å²) in [5.41, 5.74) is 2.63. The van der Waals surface area contributed by atoms with Gasteiger partial charge >= 0.3 is 0 Å². The molecule has 1 aliphatic heterocycles. The third-order valence-corrected chi connectivity index (χ3v) is 4.04. The lowest BCUT2D eigenvalue weighted by Crippen LogP contribution is -2.41. The van der Waals surface area contributed by atoms with Crippen molar-refractivity contribution in [3.8, 4) is 0 Å². The van der Waals surface area contributed by atoms with Crippen LogP contribution in [-0.4, -0.2) is 37.7 Å². The van der Waals surface area contributed by atoms with Crippen LogP contribution in [0, 0.1) is 0 Å². The molecule has 3 heteroatoms. The number of hydrogen-bond acceptors (Lipinski definition) is 3. The van der Waals surface area contributed by atoms with E-state index < -0.39 is 0 Å². The number of hydrogen-bond donors (Lipinski definition) is 1. The van der Waals surface area contributed by atoms with Crippen molar-refractivity contribution in [3.63, 3.8) is 0 Å². The van der Waals surface area contributed by atoms with Gasteiger partial charge in [-0.3, -0.25) is 0 Å². The molecular weight excluding hydrogens is 248 g/mol. The predicted molar refractivity (Wildman–Crippen MR) is 83.7 cm³/mol. The maximum Gasteiger partial charge on any atom is 0.0716 e. The van der Waals surface area contributed by atoms with Gasteiger partial charge in [0.2, 0.25) is 0 Å². The number of piperidine rings is 1. The first kappa shape index (κ1) is 15.5. The number of nitrogens with zero attached hydrogens (tertiary/aromatic N) is 1. The van der Waals surface area contributed by atoms with Gasteiger partial charge < -0.3 is 15.0 Å². The molecule has 0 bridgehead atoms. The number of methoxy groups -OCH3 is 1. The highest BCUT2D eigenvalue weighted by molar-refractivity contribution is 5.26. The van der Waals surface area contributed by atoms with Crippen LogP contribution in [0.3, 0.4) is 0 Å². The van der Waals surface area contributed by atoms with Gasteiger partial charge in [0.05, 0.1) is 6.61 Å². The molecule has 1 heterocycles. The van der Waals surface area contributed by atoms with Crippen molar-refractivity contribution >= 4 is 0 Å². The highest BCUT2D eigenvalue weighted by atomic mass is 16.5. The molecule has 0 amide bonds. The molecule has 2 rings (SSSR count). The molecule has 112 valence electrons. The molecule has 1 fully saturated rings. The maximum absolute atomic E-state index is 5.26. The molecule has 3 nitrogen and oxygen atoms in total. The largest absolute Gasteiger partial charge is 0.380 e. The molecule has 1 unspecified atom stereocenters. The van der Waals surface area contributed by atoms with Crippen molar-refractivity contribution in [1.29, 1.82) is 0 Å². The van der Waals surface area contributed by atoms with Gasteiger partial charge in [0, 0.05) is 26.2 Å². The molecule has 1 atom stereocenters. The lowest BCUT2D eigenvalue weighted by Gasteiger charge is -2.29. The van der Waals surface area contributed by atoms with Gasteiger partial charge in [-0.15, -0.1) is 0 Å². The summed E-state index contributed by atoms with van der Waals surface area (Å²) in [6.45, 7) is 7.60. The molecule has 0 spiro atoms. The molecule has 0 saturated carbocycles. The second-order valence-corrected chi connectivity index (χ2v) is 5.84. The second kappa shape index (κ2) is 8.40. The van der Waals surface area contributed by atoms with E-state index in [0.717, 1.165) is 13.1 Å². The van der Waals surface area contributed by atoms with Crippen molar-refractivity contribution in [3.05, 3.63) is 35.4 Å². The van der Waals surface area contributed by atoms with Crippen molar-refractivity contribution < 1.29 is 4.74 Å². The summed E-state index contributed by atoms with van der Waals surface area (Å²) in [7, 11) is 1.75. The summed E-state index contributed by atoms with van der Waals surface area (Å²) >= 11 is 0. The fourth-order valence-corrected chi connectivity index (χ4v) is 2.90. The molecule has 0 aromatic heterocycles. The Morgan fingerprint density at radius 3 is 2.55 bits per heavy atom. The Kier molecular flexibility index (Phi) is 6.51. The van der Waals surface area contributed by atoms with E-state index in [2.05, 4.69) is 41.4 Å². The first-order valence-corrected chi connectivity index (χ1v) is 7.81. The van der Waals surface area contributed by atoms with Crippen LogP contribution >= 0.6 is 0 Å². The Balaban J connectivity index is 1.78. The van der Waals surface area contributed by atoms with Crippen molar-refractivity contribution in [2.24, 2.45) is 0 Å². The van der Waals surface area contributed by atoms with E-state index in [1.807, 2.05) is 0 Å². The maximum atomic E-state index is 5.26. The number of rotatable bonds is 7. The van der Waals surface area contributed by atoms with E-state index in [1.54, 1.807) is 7.11 Å². The van der Waals surface area contributed by atoms with Gasteiger partial charge in [-0.25, -0.2) is 0 Å². The van der Waals surface area contributed by atoms with E-state index in [0.29, 0.717) is 12.6 Å². The van der Waals surface area contributed by atoms with E-state index in [1.165, 1.54) is 43.5 Å². The molecule has 1 N–H and O–H groups in total. The highest BCUT2D eigenvalue weighted by Gasteiger charge is 2.13. The zero-order valence-electron chi connectivity index (χ0n) is 12.9. The normalized spacial score (nSPS) is 18.1. The van der Waals surface area contributed by atoms with Gasteiger partial charge in [0.25, 0.3) is 0 Å². The van der Waals surface area contributed by atoms with Crippen LogP contribution in [0.4, 0.5) is 0 Å². The number of likely N-dealkylation sites (tertiary alicyclic amines) is 1. The van der Waals surface area contributed by atoms with Gasteiger partial charge in [-0.1, -0.05) is 30.7 Å². The predicted octanol–water partition coefficient (Wildman–Crippen LogP) is 2.80. The zero-order chi connectivity index (χ0) is 14.2. The van der Waals surface area contributed by atoms with Crippen molar-refractivity contribution in [1.82, 2.24) is 10.2 Å². The first-order chi connectivity index (χ1) is 9.79. The van der Waals surface area contributed by atoms with E-state index in [-0.39, 0.29) is 0 Å². The standard InChI is InChI=1S/C17H28N2O/c1-15(13-19-10-6-3-7-11-19)18-12-16-8-4-5-9-17(16)14-20-2/h4-5,8-9,15,18H,3,6-7,10-14H2,1-2H3. The van der Waals surface area contributed by atoms with Crippen LogP contribution in [0.2, 0.25) is 0 Å². The SMILES string of the molecule is COCc1ccccc1CNC(C)CN1CCCCC1. The van der Waals surface area contributed by atoms with Crippen LogP contribution in [0.5, 0.6) is 0 Å². The van der Waals surface area contributed by atoms with Crippen molar-refractivity contribution in [2.45, 2.75) is 45.4 Å². The molecule has 1 aromatic rings. The molecule has 0 radical (unpaired) electrons. The number of nitrogens with one attached hydrogen (secondary N) is 1. The minimum absolute atomic E-state index is 0.531. The quantitative estimate of drug-likeness (QED) is 0.829. The highest BCUT2D eigenvalue weighted by Crippen LogP contribution is 2.11. The lowest BCUT2D eigenvalue weighted by atomic mass is 10.1. The Morgan fingerprint density at radius 2 is 1.85 bits per heavy atom. The van der Waals surface area contributed by atoms with Gasteiger partial charge in [-0.2, -0.15) is 0 Å². The summed E-state index contributed by atoms with van der Waals surface area (Å²) in [6, 6.07) is 9.05. The fraction of sp³-hybridized carbons (Fsp3) is 0.647. The Bertz CT molecular complexity index is 388. The molecule has 1 aromatic carbocycles. The number of benzene rings is 1. The number of ether oxygens (including phenoxy) is 1. The van der Waals surface area contributed by atoms with Crippen LogP contribution in [0.1, 0.15) is 37.3 Å². The Labute approximate surface area is 123 Å². The Hall–Kier alpha value is -0.900. The van der Waals surface area contributed by atoms with Gasteiger partial charge in [0.1, 0.15) is 0 Å². The molecule has 1 saturated heterocycles. The first-order valence-electron chi connectivity index (χ1n) is 7.81. The third-order valence-electron chi connectivity index (χ3n) is 4.04. The average molecular weight is 276 g/mol. The summed E-state index contributed by atoms with van der Waals surface area (Å²) in [4.78, 5) is 2.59. The van der Waals surface area contributed by atoms with Crippen LogP contribution in [-0.2, 0) is 17.9 Å². The molecular formula is C17H28N2O. The van der Waals surface area contributed by atoms with Gasteiger partial charge in [0.15, 0.2) is 0 Å².